The van der Waals surface area contributed by atoms with Gasteiger partial charge in [-0.2, -0.15) is 4.31 Å². The van der Waals surface area contributed by atoms with Crippen LogP contribution in [0.4, 0.5) is 0 Å². The fraction of sp³-hybridized carbons (Fsp3) is 0.349. The first kappa shape index (κ1) is 47.5. The zero-order valence-electron chi connectivity index (χ0n) is 34.1. The standard InChI is InChI=1S/C43H48N2O17P2/c46-35-21-22-45(43(49)44-35)41-37(48)36(47)33(59-41)28-58-63(50,51)62-64(52,53)61-42-40(57-26-32-19-11-4-12-20-32)39(56-25-31-17-9-3-10-18-31)38(55-24-30-15-7-2-8-16-30)34(60-42)27-54-23-29-13-5-1-6-14-29/h1-22,33-34,36-42,47-48H,23-28H2,(H,50,51)(H,52,53)(H,44,46,49)/t33-,34-,36-,37-,38+,39+,40-,41-,42?/m1/s1. The number of aliphatic hydroxyl groups excluding tert-OH is 2. The molecule has 64 heavy (non-hydrogen) atoms. The molecule has 5 N–H and O–H groups in total. The molecule has 0 radical (unpaired) electrons. The van der Waals surface area contributed by atoms with Gasteiger partial charge in [0.2, 0.25) is 0 Å². The lowest BCUT2D eigenvalue weighted by molar-refractivity contribution is -0.312. The SMILES string of the molecule is O=c1ccn([C@@H]2O[C@H](COP(=O)(O)OP(=O)(O)OC3O[C@H](COCc4ccccc4)[C@H](OCc4ccccc4)[C@H](OCc4ccccc4)[C@H]3OCc3ccccc3)[C@@H](O)[C@H]2O)c(=O)[nH]1. The summed E-state index contributed by atoms with van der Waals surface area (Å²) in [4.78, 5) is 47.6. The Bertz CT molecular complexity index is 2430. The van der Waals surface area contributed by atoms with Gasteiger partial charge in [-0.1, -0.05) is 121 Å². The third-order valence-electron chi connectivity index (χ3n) is 10.1. The van der Waals surface area contributed by atoms with Crippen LogP contribution in [0.3, 0.4) is 0 Å². The minimum atomic E-state index is -5.67. The fourth-order valence-electron chi connectivity index (χ4n) is 7.03. The normalized spacial score (nSPS) is 26.5. The van der Waals surface area contributed by atoms with Crippen LogP contribution < -0.4 is 11.2 Å². The predicted octanol–water partition coefficient (Wildman–Crippen LogP) is 4.10. The smallest absolute Gasteiger partial charge is 0.387 e. The Hall–Kier alpha value is -4.50. The highest BCUT2D eigenvalue weighted by atomic mass is 31.3. The van der Waals surface area contributed by atoms with Gasteiger partial charge in [0.25, 0.3) is 5.56 Å². The molecule has 0 spiro atoms. The number of aromatic amines is 1. The van der Waals surface area contributed by atoms with Gasteiger partial charge in [-0.25, -0.2) is 13.9 Å². The van der Waals surface area contributed by atoms with Crippen molar-refractivity contribution in [2.24, 2.45) is 0 Å². The van der Waals surface area contributed by atoms with E-state index in [2.05, 4.69) is 0 Å². The number of H-pyrrole nitrogens is 1. The van der Waals surface area contributed by atoms with Crippen molar-refractivity contribution in [1.29, 1.82) is 0 Å². The highest BCUT2D eigenvalue weighted by Gasteiger charge is 2.53. The molecule has 2 saturated heterocycles. The molecule has 0 bridgehead atoms. The van der Waals surface area contributed by atoms with Crippen LogP contribution in [0, 0.1) is 0 Å². The number of aliphatic hydroxyl groups is 2. The quantitative estimate of drug-likeness (QED) is 0.0650. The maximum Gasteiger partial charge on any atom is 0.483 e. The number of rotatable bonds is 21. The van der Waals surface area contributed by atoms with Gasteiger partial charge in [-0.3, -0.25) is 23.4 Å². The lowest BCUT2D eigenvalue weighted by Gasteiger charge is -2.45. The summed E-state index contributed by atoms with van der Waals surface area (Å²) in [5.74, 6) is 0. The van der Waals surface area contributed by atoms with Crippen LogP contribution in [0.2, 0.25) is 0 Å². The van der Waals surface area contributed by atoms with E-state index in [9.17, 15) is 38.7 Å². The van der Waals surface area contributed by atoms with Crippen molar-refractivity contribution in [3.8, 4) is 0 Å². The number of nitrogens with zero attached hydrogens (tertiary/aromatic N) is 1. The molecule has 2 aliphatic rings. The van der Waals surface area contributed by atoms with Crippen LogP contribution in [-0.4, -0.2) is 91.8 Å². The van der Waals surface area contributed by atoms with Crippen molar-refractivity contribution in [3.05, 3.63) is 177 Å². The van der Waals surface area contributed by atoms with E-state index in [1.165, 1.54) is 0 Å². The van der Waals surface area contributed by atoms with E-state index in [1.54, 1.807) is 24.3 Å². The molecule has 5 aromatic rings. The van der Waals surface area contributed by atoms with Gasteiger partial charge in [0.05, 0.1) is 39.6 Å². The Kier molecular flexibility index (Phi) is 16.4. The van der Waals surface area contributed by atoms with Gasteiger partial charge < -0.3 is 48.4 Å². The summed E-state index contributed by atoms with van der Waals surface area (Å²) in [7, 11) is -11.2. The number of phosphoric ester groups is 2. The first-order valence-electron chi connectivity index (χ1n) is 20.1. The number of ether oxygens (including phenoxy) is 6. The van der Waals surface area contributed by atoms with Crippen molar-refractivity contribution in [1.82, 2.24) is 9.55 Å². The molecule has 0 aliphatic carbocycles. The molecule has 11 atom stereocenters. The molecule has 342 valence electrons. The molecule has 7 rings (SSSR count). The van der Waals surface area contributed by atoms with Crippen LogP contribution in [0.1, 0.15) is 28.5 Å². The van der Waals surface area contributed by atoms with E-state index in [1.807, 2.05) is 102 Å². The van der Waals surface area contributed by atoms with Crippen molar-refractivity contribution in [2.45, 2.75) is 81.7 Å². The molecular weight excluding hydrogens is 878 g/mol. The highest BCUT2D eigenvalue weighted by Crippen LogP contribution is 2.61. The maximum atomic E-state index is 13.8. The minimum Gasteiger partial charge on any atom is -0.387 e. The molecule has 0 saturated carbocycles. The molecule has 0 amide bonds. The van der Waals surface area contributed by atoms with Crippen molar-refractivity contribution < 1.29 is 70.9 Å². The number of hydrogen-bond acceptors (Lipinski definition) is 15. The van der Waals surface area contributed by atoms with Crippen molar-refractivity contribution in [2.75, 3.05) is 13.2 Å². The van der Waals surface area contributed by atoms with E-state index < -0.39 is 88.7 Å². The maximum absolute atomic E-state index is 13.8. The van der Waals surface area contributed by atoms with Crippen LogP contribution in [0.15, 0.2) is 143 Å². The van der Waals surface area contributed by atoms with Crippen LogP contribution in [0.25, 0.3) is 0 Å². The number of nitrogens with one attached hydrogen (secondary N) is 1. The summed E-state index contributed by atoms with van der Waals surface area (Å²) in [6.45, 7) is -0.921. The third-order valence-corrected chi connectivity index (χ3v) is 12.7. The summed E-state index contributed by atoms with van der Waals surface area (Å²) < 4.78 is 80.6. The fourth-order valence-corrected chi connectivity index (χ4v) is 9.18. The average molecular weight is 927 g/mol. The zero-order chi connectivity index (χ0) is 45.1. The molecule has 3 unspecified atom stereocenters. The molecular formula is C43H48N2O17P2. The second-order valence-electron chi connectivity index (χ2n) is 14.8. The van der Waals surface area contributed by atoms with Gasteiger partial charge in [0.15, 0.2) is 12.5 Å². The second kappa shape index (κ2) is 22.1. The monoisotopic (exact) mass is 926 g/mol. The molecule has 2 fully saturated rings. The summed E-state index contributed by atoms with van der Waals surface area (Å²) in [5, 5.41) is 21.2. The van der Waals surface area contributed by atoms with E-state index in [4.69, 9.17) is 41.8 Å². The van der Waals surface area contributed by atoms with Gasteiger partial charge in [-0.05, 0) is 22.3 Å². The summed E-state index contributed by atoms with van der Waals surface area (Å²) in [5.41, 5.74) is 1.47. The number of hydrogen-bond donors (Lipinski definition) is 5. The van der Waals surface area contributed by atoms with Gasteiger partial charge in [0.1, 0.15) is 42.7 Å². The van der Waals surface area contributed by atoms with Crippen LogP contribution >= 0.6 is 15.6 Å². The number of aromatic nitrogens is 2. The first-order chi connectivity index (χ1) is 30.8. The molecule has 21 heteroatoms. The molecule has 1 aromatic heterocycles. The molecule has 19 nitrogen and oxygen atoms in total. The van der Waals surface area contributed by atoms with E-state index >= 15 is 0 Å². The first-order valence-corrected chi connectivity index (χ1v) is 23.1. The van der Waals surface area contributed by atoms with E-state index in [-0.39, 0.29) is 33.0 Å². The minimum absolute atomic E-state index is 0.0284. The Morgan fingerprint density at radius 1 is 0.578 bits per heavy atom. The topological polar surface area (TPSA) is 253 Å². The average Bonchev–Trinajstić information content (AvgIpc) is 3.56. The predicted molar refractivity (Wildman–Crippen MR) is 225 cm³/mol. The lowest BCUT2D eigenvalue weighted by Crippen LogP contribution is -2.61. The Labute approximate surface area is 366 Å². The lowest BCUT2D eigenvalue weighted by atomic mass is 9.98. The van der Waals surface area contributed by atoms with E-state index in [0.717, 1.165) is 33.5 Å². The Morgan fingerprint density at radius 2 is 1.08 bits per heavy atom. The van der Waals surface area contributed by atoms with Gasteiger partial charge in [-0.15, -0.1) is 0 Å². The van der Waals surface area contributed by atoms with Crippen molar-refractivity contribution >= 4 is 15.6 Å². The molecule has 3 heterocycles. The number of benzene rings is 4. The largest absolute Gasteiger partial charge is 0.483 e. The van der Waals surface area contributed by atoms with Gasteiger partial charge >= 0.3 is 21.3 Å². The summed E-state index contributed by atoms with van der Waals surface area (Å²) in [6, 6.07) is 37.9. The van der Waals surface area contributed by atoms with Crippen LogP contribution in [0.5, 0.6) is 0 Å². The van der Waals surface area contributed by atoms with Crippen molar-refractivity contribution in [3.63, 3.8) is 0 Å². The summed E-state index contributed by atoms with van der Waals surface area (Å²) in [6.07, 6.45) is -12.0. The Balaban J connectivity index is 1.13. The Morgan fingerprint density at radius 3 is 1.61 bits per heavy atom. The highest BCUT2D eigenvalue weighted by molar-refractivity contribution is 7.61. The summed E-state index contributed by atoms with van der Waals surface area (Å²) >= 11 is 0. The third kappa shape index (κ3) is 13.1. The van der Waals surface area contributed by atoms with E-state index in [0.29, 0.717) is 5.56 Å². The zero-order valence-corrected chi connectivity index (χ0v) is 35.9. The van der Waals surface area contributed by atoms with Crippen LogP contribution in [-0.2, 0) is 77.3 Å². The number of phosphoric acid groups is 2. The van der Waals surface area contributed by atoms with Gasteiger partial charge in [0, 0.05) is 12.3 Å². The molecule has 2 aliphatic heterocycles. The molecule has 4 aromatic carbocycles. The second-order valence-corrected chi connectivity index (χ2v) is 17.8.